The van der Waals surface area contributed by atoms with Gasteiger partial charge in [-0.25, -0.2) is 4.98 Å². The number of methoxy groups -OCH3 is 1. The number of nitrogen functional groups attached to an aromatic ring is 1. The minimum atomic E-state index is -0.166. The summed E-state index contributed by atoms with van der Waals surface area (Å²) >= 11 is 4.63. The van der Waals surface area contributed by atoms with Crippen molar-refractivity contribution in [1.29, 1.82) is 0 Å². The zero-order chi connectivity index (χ0) is 15.6. The molecule has 1 unspecified atom stereocenters. The minimum Gasteiger partial charge on any atom is -0.496 e. The highest BCUT2D eigenvalue weighted by molar-refractivity contribution is 9.10. The molecule has 0 fully saturated rings. The number of carbonyl (C=O) groups excluding carboxylic acids is 1. The third-order valence-corrected chi connectivity index (χ3v) is 4.65. The fourth-order valence-corrected chi connectivity index (χ4v) is 3.22. The van der Waals surface area contributed by atoms with Gasteiger partial charge < -0.3 is 15.8 Å². The third kappa shape index (κ3) is 3.54. The van der Waals surface area contributed by atoms with Crippen LogP contribution >= 0.6 is 27.3 Å². The van der Waals surface area contributed by atoms with Gasteiger partial charge in [0.05, 0.1) is 23.3 Å². The molecule has 0 saturated carbocycles. The van der Waals surface area contributed by atoms with E-state index in [0.717, 1.165) is 15.8 Å². The number of nitrogens with two attached hydrogens (primary N) is 1. The lowest BCUT2D eigenvalue weighted by atomic mass is 10.1. The molecule has 112 valence electrons. The van der Waals surface area contributed by atoms with Crippen LogP contribution < -0.4 is 15.8 Å². The van der Waals surface area contributed by atoms with Gasteiger partial charge in [-0.3, -0.25) is 4.79 Å². The summed E-state index contributed by atoms with van der Waals surface area (Å²) < 4.78 is 6.04. The molecule has 0 spiro atoms. The number of rotatable bonds is 4. The zero-order valence-corrected chi connectivity index (χ0v) is 14.3. The van der Waals surface area contributed by atoms with Crippen LogP contribution in [0.4, 0.5) is 5.13 Å². The van der Waals surface area contributed by atoms with Crippen molar-refractivity contribution in [3.63, 3.8) is 0 Å². The lowest BCUT2D eigenvalue weighted by molar-refractivity contribution is 0.0943. The number of ether oxygens (including phenoxy) is 1. The highest BCUT2D eigenvalue weighted by Gasteiger charge is 2.17. The van der Waals surface area contributed by atoms with Crippen molar-refractivity contribution >= 4 is 38.3 Å². The summed E-state index contributed by atoms with van der Waals surface area (Å²) in [6, 6.07) is 5.57. The number of benzene rings is 1. The van der Waals surface area contributed by atoms with Gasteiger partial charge in [-0.05, 0) is 47.5 Å². The maximum Gasteiger partial charge on any atom is 0.263 e. The Hall–Kier alpha value is -1.60. The molecule has 1 atom stereocenters. The van der Waals surface area contributed by atoms with E-state index < -0.39 is 0 Å². The normalized spacial score (nSPS) is 12.0. The predicted molar refractivity (Wildman–Crippen MR) is 87.8 cm³/mol. The van der Waals surface area contributed by atoms with Crippen molar-refractivity contribution in [2.45, 2.75) is 19.9 Å². The van der Waals surface area contributed by atoms with Gasteiger partial charge in [0.15, 0.2) is 5.13 Å². The van der Waals surface area contributed by atoms with Crippen LogP contribution in [0.25, 0.3) is 0 Å². The summed E-state index contributed by atoms with van der Waals surface area (Å²) in [7, 11) is 1.61. The van der Waals surface area contributed by atoms with Gasteiger partial charge in [0.25, 0.3) is 5.91 Å². The van der Waals surface area contributed by atoms with Crippen LogP contribution in [0.3, 0.4) is 0 Å². The van der Waals surface area contributed by atoms with Crippen LogP contribution in [-0.4, -0.2) is 18.0 Å². The van der Waals surface area contributed by atoms with Crippen LogP contribution in [0.1, 0.15) is 33.9 Å². The fourth-order valence-electron chi connectivity index (χ4n) is 1.93. The number of nitrogens with one attached hydrogen (secondary N) is 1. The van der Waals surface area contributed by atoms with E-state index in [1.54, 1.807) is 14.0 Å². The molecule has 21 heavy (non-hydrogen) atoms. The Labute approximate surface area is 135 Å². The summed E-state index contributed by atoms with van der Waals surface area (Å²) in [5, 5.41) is 3.35. The molecule has 5 nitrogen and oxygen atoms in total. The lowest BCUT2D eigenvalue weighted by Crippen LogP contribution is -2.26. The number of amides is 1. The number of aryl methyl sites for hydroxylation is 1. The average Bonchev–Trinajstić information content (AvgIpc) is 2.77. The number of halogens is 1. The van der Waals surface area contributed by atoms with Crippen molar-refractivity contribution in [2.75, 3.05) is 12.8 Å². The predicted octanol–water partition coefficient (Wildman–Crippen LogP) is 3.30. The van der Waals surface area contributed by atoms with Crippen LogP contribution in [0.2, 0.25) is 0 Å². The van der Waals surface area contributed by atoms with E-state index in [-0.39, 0.29) is 11.9 Å². The monoisotopic (exact) mass is 369 g/mol. The molecule has 3 N–H and O–H groups in total. The number of anilines is 1. The van der Waals surface area contributed by atoms with Crippen molar-refractivity contribution < 1.29 is 9.53 Å². The largest absolute Gasteiger partial charge is 0.496 e. The Kier molecular flexibility index (Phi) is 4.84. The highest BCUT2D eigenvalue weighted by atomic mass is 79.9. The first-order valence-corrected chi connectivity index (χ1v) is 7.90. The number of hydrogen-bond acceptors (Lipinski definition) is 5. The molecule has 2 aromatic rings. The smallest absolute Gasteiger partial charge is 0.263 e. The first kappa shape index (κ1) is 15.8. The molecule has 0 radical (unpaired) electrons. The third-order valence-electron chi connectivity index (χ3n) is 3.04. The Bertz CT molecular complexity index is 672. The first-order chi connectivity index (χ1) is 9.92. The van der Waals surface area contributed by atoms with Gasteiger partial charge in [-0.15, -0.1) is 0 Å². The van der Waals surface area contributed by atoms with Gasteiger partial charge in [0.2, 0.25) is 0 Å². The van der Waals surface area contributed by atoms with E-state index in [1.165, 1.54) is 11.3 Å². The molecular weight excluding hydrogens is 354 g/mol. The number of thiazole rings is 1. The van der Waals surface area contributed by atoms with Crippen molar-refractivity contribution in [2.24, 2.45) is 0 Å². The van der Waals surface area contributed by atoms with E-state index in [2.05, 4.69) is 26.2 Å². The van der Waals surface area contributed by atoms with Gasteiger partial charge in [-0.2, -0.15) is 0 Å². The summed E-state index contributed by atoms with van der Waals surface area (Å²) in [4.78, 5) is 16.8. The molecule has 1 heterocycles. The van der Waals surface area contributed by atoms with Gasteiger partial charge in [0, 0.05) is 0 Å². The number of aromatic nitrogens is 1. The first-order valence-electron chi connectivity index (χ1n) is 6.29. The summed E-state index contributed by atoms with van der Waals surface area (Å²) in [6.07, 6.45) is 0. The van der Waals surface area contributed by atoms with E-state index in [9.17, 15) is 4.79 Å². The second-order valence-corrected chi connectivity index (χ2v) is 6.44. The van der Waals surface area contributed by atoms with Crippen molar-refractivity contribution in [3.8, 4) is 5.75 Å². The van der Waals surface area contributed by atoms with E-state index >= 15 is 0 Å². The second-order valence-electron chi connectivity index (χ2n) is 4.56. The van der Waals surface area contributed by atoms with E-state index in [1.807, 2.05) is 25.1 Å². The van der Waals surface area contributed by atoms with E-state index in [4.69, 9.17) is 10.5 Å². The van der Waals surface area contributed by atoms with Crippen LogP contribution in [0, 0.1) is 6.92 Å². The molecule has 7 heteroatoms. The molecule has 1 aromatic heterocycles. The number of carbonyl (C=O) groups is 1. The maximum absolute atomic E-state index is 12.2. The molecule has 0 saturated heterocycles. The van der Waals surface area contributed by atoms with Gasteiger partial charge in [0.1, 0.15) is 10.6 Å². The number of nitrogens with zero attached hydrogens (tertiary/aromatic N) is 1. The summed E-state index contributed by atoms with van der Waals surface area (Å²) in [5.41, 5.74) is 7.25. The molecule has 0 bridgehead atoms. The Morgan fingerprint density at radius 1 is 1.52 bits per heavy atom. The van der Waals surface area contributed by atoms with Crippen LogP contribution in [-0.2, 0) is 0 Å². The maximum atomic E-state index is 12.2. The van der Waals surface area contributed by atoms with Crippen molar-refractivity contribution in [1.82, 2.24) is 10.3 Å². The van der Waals surface area contributed by atoms with Crippen molar-refractivity contribution in [3.05, 3.63) is 38.8 Å². The molecule has 1 amide bonds. The summed E-state index contributed by atoms with van der Waals surface area (Å²) in [6.45, 7) is 3.70. The zero-order valence-electron chi connectivity index (χ0n) is 11.9. The summed E-state index contributed by atoms with van der Waals surface area (Å²) in [5.74, 6) is 0.587. The Morgan fingerprint density at radius 2 is 2.24 bits per heavy atom. The standard InChI is InChI=1S/C14H16BrN3O2S/c1-7(9-4-5-11(20-3)10(15)6-9)17-13(19)12-8(2)18-14(16)21-12/h4-7H,1-3H3,(H2,16,18)(H,17,19). The fraction of sp³-hybridized carbons (Fsp3) is 0.286. The number of hydrogen-bond donors (Lipinski definition) is 2. The molecule has 0 aliphatic heterocycles. The molecule has 2 rings (SSSR count). The lowest BCUT2D eigenvalue weighted by Gasteiger charge is -2.15. The minimum absolute atomic E-state index is 0.137. The Balaban J connectivity index is 2.14. The molecule has 0 aliphatic carbocycles. The topological polar surface area (TPSA) is 77.2 Å². The SMILES string of the molecule is COc1ccc(C(C)NC(=O)c2sc(N)nc2C)cc1Br. The molecular formula is C14H16BrN3O2S. The average molecular weight is 370 g/mol. The van der Waals surface area contributed by atoms with Gasteiger partial charge >= 0.3 is 0 Å². The van der Waals surface area contributed by atoms with Gasteiger partial charge in [-0.1, -0.05) is 17.4 Å². The van der Waals surface area contributed by atoms with Crippen LogP contribution in [0.5, 0.6) is 5.75 Å². The quantitative estimate of drug-likeness (QED) is 0.866. The molecule has 0 aliphatic rings. The van der Waals surface area contributed by atoms with Crippen LogP contribution in [0.15, 0.2) is 22.7 Å². The highest BCUT2D eigenvalue weighted by Crippen LogP contribution is 2.28. The Morgan fingerprint density at radius 3 is 2.76 bits per heavy atom. The second kappa shape index (κ2) is 6.44. The molecule has 1 aromatic carbocycles. The van der Waals surface area contributed by atoms with E-state index in [0.29, 0.717) is 15.7 Å².